The zero-order valence-corrected chi connectivity index (χ0v) is 11.5. The van der Waals surface area contributed by atoms with Crippen molar-refractivity contribution in [2.24, 2.45) is 0 Å². The Bertz CT molecular complexity index is 382. The molecule has 1 aromatic rings. The average Bonchev–Trinajstić information content (AvgIpc) is 2.66. The molecule has 0 spiro atoms. The molecule has 100 valence electrons. The van der Waals surface area contributed by atoms with Gasteiger partial charge in [-0.05, 0) is 17.5 Å². The molecule has 1 unspecified atom stereocenters. The molecule has 3 nitrogen and oxygen atoms in total. The molecule has 1 aromatic carbocycles. The molecule has 0 amide bonds. The fraction of sp³-hybridized carbons (Fsp3) is 0.600. The van der Waals surface area contributed by atoms with Crippen molar-refractivity contribution in [3.05, 3.63) is 29.3 Å². The number of hydrogen-bond donors (Lipinski definition) is 1. The topological polar surface area (TPSA) is 30.5 Å². The summed E-state index contributed by atoms with van der Waals surface area (Å²) in [6.45, 7) is 7.88. The first kappa shape index (κ1) is 13.4. The molecule has 1 aliphatic heterocycles. The van der Waals surface area contributed by atoms with E-state index in [4.69, 9.17) is 9.47 Å². The molecular formula is C15H23NO2. The summed E-state index contributed by atoms with van der Waals surface area (Å²) in [5.41, 5.74) is 2.62. The van der Waals surface area contributed by atoms with Crippen LogP contribution in [0.25, 0.3) is 0 Å². The Morgan fingerprint density at radius 2 is 2.22 bits per heavy atom. The minimum absolute atomic E-state index is 0.376. The van der Waals surface area contributed by atoms with Crippen molar-refractivity contribution in [2.45, 2.75) is 25.7 Å². The fourth-order valence-corrected chi connectivity index (χ4v) is 2.34. The van der Waals surface area contributed by atoms with Gasteiger partial charge in [-0.1, -0.05) is 26.0 Å². The van der Waals surface area contributed by atoms with E-state index < -0.39 is 0 Å². The Labute approximate surface area is 109 Å². The summed E-state index contributed by atoms with van der Waals surface area (Å²) in [4.78, 5) is 0. The predicted molar refractivity (Wildman–Crippen MR) is 73.5 cm³/mol. The molecule has 3 heteroatoms. The fourth-order valence-electron chi connectivity index (χ4n) is 2.34. The van der Waals surface area contributed by atoms with Crippen LogP contribution in [-0.2, 0) is 4.74 Å². The molecule has 0 aromatic heterocycles. The van der Waals surface area contributed by atoms with Gasteiger partial charge in [-0.15, -0.1) is 0 Å². The van der Waals surface area contributed by atoms with E-state index >= 15 is 0 Å². The lowest BCUT2D eigenvalue weighted by molar-refractivity contribution is 0.140. The Morgan fingerprint density at radius 3 is 2.94 bits per heavy atom. The SMILES string of the molecule is COc1ccc(C(C)C)cc1C1CNCCOC1. The van der Waals surface area contributed by atoms with Crippen LogP contribution in [0.4, 0.5) is 0 Å². The monoisotopic (exact) mass is 249 g/mol. The van der Waals surface area contributed by atoms with Gasteiger partial charge >= 0.3 is 0 Å². The number of nitrogens with one attached hydrogen (secondary N) is 1. The zero-order chi connectivity index (χ0) is 13.0. The summed E-state index contributed by atoms with van der Waals surface area (Å²) in [6, 6.07) is 6.50. The largest absolute Gasteiger partial charge is 0.496 e. The molecule has 0 bridgehead atoms. The number of ether oxygens (including phenoxy) is 2. The van der Waals surface area contributed by atoms with Crippen molar-refractivity contribution in [1.82, 2.24) is 5.32 Å². The van der Waals surface area contributed by atoms with E-state index in [1.54, 1.807) is 7.11 Å². The van der Waals surface area contributed by atoms with Gasteiger partial charge in [0, 0.05) is 24.6 Å². The van der Waals surface area contributed by atoms with Crippen molar-refractivity contribution >= 4 is 0 Å². The summed E-state index contributed by atoms with van der Waals surface area (Å²) in [5.74, 6) is 1.88. The normalized spacial score (nSPS) is 20.8. The van der Waals surface area contributed by atoms with Gasteiger partial charge in [-0.3, -0.25) is 0 Å². The Kier molecular flexibility index (Phi) is 4.61. The minimum atomic E-state index is 0.376. The molecule has 1 heterocycles. The van der Waals surface area contributed by atoms with Gasteiger partial charge in [-0.2, -0.15) is 0 Å². The number of hydrogen-bond acceptors (Lipinski definition) is 3. The lowest BCUT2D eigenvalue weighted by atomic mass is 9.93. The van der Waals surface area contributed by atoms with E-state index in [2.05, 4.69) is 37.4 Å². The van der Waals surface area contributed by atoms with Crippen LogP contribution in [0, 0.1) is 0 Å². The van der Waals surface area contributed by atoms with E-state index in [-0.39, 0.29) is 0 Å². The maximum absolute atomic E-state index is 5.64. The van der Waals surface area contributed by atoms with Crippen molar-refractivity contribution < 1.29 is 9.47 Å². The highest BCUT2D eigenvalue weighted by Crippen LogP contribution is 2.30. The van der Waals surface area contributed by atoms with Crippen LogP contribution in [0.1, 0.15) is 36.8 Å². The van der Waals surface area contributed by atoms with E-state index in [1.165, 1.54) is 11.1 Å². The van der Waals surface area contributed by atoms with E-state index in [9.17, 15) is 0 Å². The highest BCUT2D eigenvalue weighted by molar-refractivity contribution is 5.41. The third-order valence-electron chi connectivity index (χ3n) is 3.49. The van der Waals surface area contributed by atoms with Crippen LogP contribution in [0.2, 0.25) is 0 Å². The quantitative estimate of drug-likeness (QED) is 0.893. The van der Waals surface area contributed by atoms with Gasteiger partial charge in [0.2, 0.25) is 0 Å². The highest BCUT2D eigenvalue weighted by atomic mass is 16.5. The van der Waals surface area contributed by atoms with Gasteiger partial charge in [0.1, 0.15) is 5.75 Å². The van der Waals surface area contributed by atoms with Crippen LogP contribution in [-0.4, -0.2) is 33.4 Å². The third kappa shape index (κ3) is 3.03. The second-order valence-electron chi connectivity index (χ2n) is 5.13. The Morgan fingerprint density at radius 1 is 1.39 bits per heavy atom. The minimum Gasteiger partial charge on any atom is -0.496 e. The lowest BCUT2D eigenvalue weighted by Gasteiger charge is -2.19. The Balaban J connectivity index is 2.29. The zero-order valence-electron chi connectivity index (χ0n) is 11.5. The van der Waals surface area contributed by atoms with Gasteiger partial charge < -0.3 is 14.8 Å². The summed E-state index contributed by atoms with van der Waals surface area (Å²) >= 11 is 0. The summed E-state index contributed by atoms with van der Waals surface area (Å²) < 4.78 is 11.1. The van der Waals surface area contributed by atoms with Gasteiger partial charge in [-0.25, -0.2) is 0 Å². The summed E-state index contributed by atoms with van der Waals surface area (Å²) in [7, 11) is 1.73. The van der Waals surface area contributed by atoms with Crippen LogP contribution >= 0.6 is 0 Å². The second kappa shape index (κ2) is 6.21. The first-order valence-corrected chi connectivity index (χ1v) is 6.68. The second-order valence-corrected chi connectivity index (χ2v) is 5.13. The summed E-state index contributed by atoms with van der Waals surface area (Å²) in [6.07, 6.45) is 0. The molecule has 1 N–H and O–H groups in total. The van der Waals surface area contributed by atoms with Crippen molar-refractivity contribution in [3.63, 3.8) is 0 Å². The molecule has 0 radical (unpaired) electrons. The average molecular weight is 249 g/mol. The molecule has 1 aliphatic rings. The molecule has 18 heavy (non-hydrogen) atoms. The van der Waals surface area contributed by atoms with Crippen LogP contribution < -0.4 is 10.1 Å². The highest BCUT2D eigenvalue weighted by Gasteiger charge is 2.19. The molecular weight excluding hydrogens is 226 g/mol. The van der Waals surface area contributed by atoms with Gasteiger partial charge in [0.05, 0.1) is 20.3 Å². The molecule has 1 saturated heterocycles. The van der Waals surface area contributed by atoms with Crippen molar-refractivity contribution in [2.75, 3.05) is 33.4 Å². The number of methoxy groups -OCH3 is 1. The predicted octanol–water partition coefficient (Wildman–Crippen LogP) is 2.52. The van der Waals surface area contributed by atoms with Crippen LogP contribution in [0.15, 0.2) is 18.2 Å². The van der Waals surface area contributed by atoms with Gasteiger partial charge in [0.25, 0.3) is 0 Å². The molecule has 0 aliphatic carbocycles. The molecule has 2 rings (SSSR count). The first-order valence-electron chi connectivity index (χ1n) is 6.68. The number of benzene rings is 1. The van der Waals surface area contributed by atoms with Crippen molar-refractivity contribution in [3.8, 4) is 5.75 Å². The van der Waals surface area contributed by atoms with Crippen LogP contribution in [0.5, 0.6) is 5.75 Å². The van der Waals surface area contributed by atoms with E-state index in [0.29, 0.717) is 11.8 Å². The lowest BCUT2D eigenvalue weighted by Crippen LogP contribution is -2.22. The Hall–Kier alpha value is -1.06. The summed E-state index contributed by atoms with van der Waals surface area (Å²) in [5, 5.41) is 3.42. The van der Waals surface area contributed by atoms with E-state index in [1.807, 2.05) is 0 Å². The standard InChI is InChI=1S/C15H23NO2/c1-11(2)12-4-5-15(17-3)14(8-12)13-9-16-6-7-18-10-13/h4-5,8,11,13,16H,6-7,9-10H2,1-3H3. The van der Waals surface area contributed by atoms with E-state index in [0.717, 1.165) is 32.1 Å². The van der Waals surface area contributed by atoms with Gasteiger partial charge in [0.15, 0.2) is 0 Å². The smallest absolute Gasteiger partial charge is 0.122 e. The molecule has 1 atom stereocenters. The van der Waals surface area contributed by atoms with Crippen LogP contribution in [0.3, 0.4) is 0 Å². The number of rotatable bonds is 3. The first-order chi connectivity index (χ1) is 8.72. The maximum Gasteiger partial charge on any atom is 0.122 e. The van der Waals surface area contributed by atoms with Crippen molar-refractivity contribution in [1.29, 1.82) is 0 Å². The molecule has 0 saturated carbocycles. The third-order valence-corrected chi connectivity index (χ3v) is 3.49. The maximum atomic E-state index is 5.64. The molecule has 1 fully saturated rings.